The van der Waals surface area contributed by atoms with Gasteiger partial charge in [0.15, 0.2) is 4.90 Å². The molecular weight excluding hydrogens is 336 g/mol. The molecule has 0 atom stereocenters. The van der Waals surface area contributed by atoms with Gasteiger partial charge in [-0.1, -0.05) is 0 Å². The van der Waals surface area contributed by atoms with Crippen LogP contribution in [-0.4, -0.2) is 26.6 Å². The van der Waals surface area contributed by atoms with Crippen LogP contribution in [0.5, 0.6) is 5.75 Å². The van der Waals surface area contributed by atoms with E-state index in [9.17, 15) is 22.0 Å². The molecule has 0 spiro atoms. The Kier molecular flexibility index (Phi) is 4.66. The molecule has 0 radical (unpaired) electrons. The highest BCUT2D eigenvalue weighted by Crippen LogP contribution is 2.28. The zero-order chi connectivity index (χ0) is 17.2. The van der Waals surface area contributed by atoms with E-state index in [1.807, 2.05) is 4.72 Å². The minimum absolute atomic E-state index is 0.00691. The maximum absolute atomic E-state index is 13.8. The summed E-state index contributed by atoms with van der Waals surface area (Å²) in [5, 5.41) is 8.70. The van der Waals surface area contributed by atoms with Crippen LogP contribution in [0.2, 0.25) is 0 Å². The average molecular weight is 347 g/mol. The molecule has 7 nitrogen and oxygen atoms in total. The lowest BCUT2D eigenvalue weighted by molar-refractivity contribution is 0.0660. The first-order chi connectivity index (χ1) is 10.7. The van der Waals surface area contributed by atoms with Crippen LogP contribution in [0.25, 0.3) is 0 Å². The summed E-state index contributed by atoms with van der Waals surface area (Å²) in [6, 6.07) is 3.54. The largest absolute Gasteiger partial charge is 0.495 e. The molecule has 1 heterocycles. The number of aromatic carboxylic acids is 1. The van der Waals surface area contributed by atoms with Crippen molar-refractivity contribution in [2.45, 2.75) is 11.4 Å². The van der Waals surface area contributed by atoms with Gasteiger partial charge in [-0.3, -0.25) is 0 Å². The van der Waals surface area contributed by atoms with Gasteiger partial charge in [-0.05, 0) is 12.1 Å². The molecule has 1 aromatic carbocycles. The van der Waals surface area contributed by atoms with Crippen LogP contribution in [0, 0.1) is 11.6 Å². The number of carboxylic acids is 1. The van der Waals surface area contributed by atoms with Gasteiger partial charge in [-0.2, -0.15) is 0 Å². The highest BCUT2D eigenvalue weighted by molar-refractivity contribution is 7.89. The summed E-state index contributed by atoms with van der Waals surface area (Å²) in [6.07, 6.45) is 0. The first-order valence-electron chi connectivity index (χ1n) is 6.09. The molecule has 0 aliphatic rings. The molecule has 2 aromatic rings. The Morgan fingerprint density at radius 3 is 2.61 bits per heavy atom. The smallest absolute Gasteiger partial charge is 0.371 e. The lowest BCUT2D eigenvalue weighted by atomic mass is 10.3. The highest BCUT2D eigenvalue weighted by atomic mass is 32.2. The van der Waals surface area contributed by atoms with Gasteiger partial charge < -0.3 is 14.3 Å². The van der Waals surface area contributed by atoms with Crippen LogP contribution >= 0.6 is 0 Å². The number of hydrogen-bond acceptors (Lipinski definition) is 5. The van der Waals surface area contributed by atoms with Crippen molar-refractivity contribution in [1.29, 1.82) is 0 Å². The summed E-state index contributed by atoms with van der Waals surface area (Å²) in [4.78, 5) is 9.81. The summed E-state index contributed by atoms with van der Waals surface area (Å²) < 4.78 is 62.8. The lowest BCUT2D eigenvalue weighted by Crippen LogP contribution is -2.24. The molecular formula is C13H11F2NO6S. The Morgan fingerprint density at radius 1 is 1.35 bits per heavy atom. The van der Waals surface area contributed by atoms with E-state index in [4.69, 9.17) is 9.52 Å². The topological polar surface area (TPSA) is 106 Å². The fraction of sp³-hybridized carbons (Fsp3) is 0.154. The second-order valence-electron chi connectivity index (χ2n) is 4.31. The average Bonchev–Trinajstić information content (AvgIpc) is 2.93. The monoisotopic (exact) mass is 347 g/mol. The molecule has 10 heteroatoms. The molecule has 1 aromatic heterocycles. The first kappa shape index (κ1) is 16.9. The van der Waals surface area contributed by atoms with Gasteiger partial charge in [0.2, 0.25) is 15.8 Å². The Balaban J connectivity index is 2.27. The SMILES string of the molecule is COc1cc(F)cc(F)c1S(=O)(=O)NCc1ccc(C(=O)O)o1. The van der Waals surface area contributed by atoms with Crippen LogP contribution in [0.1, 0.15) is 16.3 Å². The van der Waals surface area contributed by atoms with Crippen molar-refractivity contribution in [3.8, 4) is 5.75 Å². The predicted molar refractivity (Wildman–Crippen MR) is 72.6 cm³/mol. The van der Waals surface area contributed by atoms with Gasteiger partial charge in [-0.15, -0.1) is 0 Å². The highest BCUT2D eigenvalue weighted by Gasteiger charge is 2.26. The van der Waals surface area contributed by atoms with E-state index >= 15 is 0 Å². The molecule has 2 N–H and O–H groups in total. The maximum Gasteiger partial charge on any atom is 0.371 e. The number of furan rings is 1. The Labute approximate surface area is 129 Å². The standard InChI is InChI=1S/C13H11F2NO6S/c1-21-11-5-7(14)4-9(15)12(11)23(19,20)16-6-8-2-3-10(22-8)13(17)18/h2-5,16H,6H2,1H3,(H,17,18). The Morgan fingerprint density at radius 2 is 2.04 bits per heavy atom. The van der Waals surface area contributed by atoms with Gasteiger partial charge in [0, 0.05) is 12.1 Å². The third-order valence-electron chi connectivity index (χ3n) is 2.77. The van der Waals surface area contributed by atoms with Crippen molar-refractivity contribution in [2.75, 3.05) is 7.11 Å². The molecule has 0 saturated heterocycles. The fourth-order valence-electron chi connectivity index (χ4n) is 1.78. The zero-order valence-electron chi connectivity index (χ0n) is 11.7. The van der Waals surface area contributed by atoms with E-state index in [1.165, 1.54) is 6.07 Å². The summed E-state index contributed by atoms with van der Waals surface area (Å²) >= 11 is 0. The van der Waals surface area contributed by atoms with Crippen molar-refractivity contribution in [2.24, 2.45) is 0 Å². The van der Waals surface area contributed by atoms with Crippen LogP contribution in [0.4, 0.5) is 8.78 Å². The molecule has 0 aliphatic heterocycles. The Hall–Kier alpha value is -2.46. The number of ether oxygens (including phenoxy) is 1. The lowest BCUT2D eigenvalue weighted by Gasteiger charge is -2.11. The summed E-state index contributed by atoms with van der Waals surface area (Å²) in [6.45, 7) is -0.421. The van der Waals surface area contributed by atoms with Crippen LogP contribution in [-0.2, 0) is 16.6 Å². The number of benzene rings is 1. The molecule has 0 unspecified atom stereocenters. The van der Waals surface area contributed by atoms with Crippen molar-refractivity contribution in [3.63, 3.8) is 0 Å². The summed E-state index contributed by atoms with van der Waals surface area (Å²) in [5.74, 6) is -4.49. The predicted octanol–water partition coefficient (Wildman–Crippen LogP) is 1.74. The number of hydrogen-bond donors (Lipinski definition) is 2. The Bertz CT molecular complexity index is 846. The minimum atomic E-state index is -4.38. The minimum Gasteiger partial charge on any atom is -0.495 e. The number of sulfonamides is 1. The van der Waals surface area contributed by atoms with Gasteiger partial charge >= 0.3 is 5.97 Å². The fourth-order valence-corrected chi connectivity index (χ4v) is 2.97. The van der Waals surface area contributed by atoms with Crippen LogP contribution in [0.15, 0.2) is 33.6 Å². The van der Waals surface area contributed by atoms with Crippen LogP contribution in [0.3, 0.4) is 0 Å². The van der Waals surface area contributed by atoms with E-state index in [2.05, 4.69) is 4.74 Å². The normalized spacial score (nSPS) is 11.4. The molecule has 0 bridgehead atoms. The molecule has 124 valence electrons. The molecule has 0 amide bonds. The number of carbonyl (C=O) groups is 1. The number of nitrogens with one attached hydrogen (secondary N) is 1. The van der Waals surface area contributed by atoms with Gasteiger partial charge in [0.25, 0.3) is 0 Å². The van der Waals surface area contributed by atoms with E-state index < -0.39 is 44.8 Å². The van der Waals surface area contributed by atoms with Crippen molar-refractivity contribution >= 4 is 16.0 Å². The maximum atomic E-state index is 13.8. The van der Waals surface area contributed by atoms with E-state index in [1.54, 1.807) is 0 Å². The zero-order valence-corrected chi connectivity index (χ0v) is 12.5. The van der Waals surface area contributed by atoms with Gasteiger partial charge in [0.1, 0.15) is 23.1 Å². The molecule has 0 aliphatic carbocycles. The number of methoxy groups -OCH3 is 1. The van der Waals surface area contributed by atoms with Crippen molar-refractivity contribution in [1.82, 2.24) is 4.72 Å². The molecule has 2 rings (SSSR count). The van der Waals surface area contributed by atoms with E-state index in [0.717, 1.165) is 19.2 Å². The summed E-state index contributed by atoms with van der Waals surface area (Å²) in [5.41, 5.74) is 0. The van der Waals surface area contributed by atoms with Crippen molar-refractivity contribution in [3.05, 3.63) is 47.4 Å². The third kappa shape index (κ3) is 3.66. The number of halogens is 2. The molecule has 0 saturated carbocycles. The summed E-state index contributed by atoms with van der Waals surface area (Å²) in [7, 11) is -3.32. The van der Waals surface area contributed by atoms with Gasteiger partial charge in [-0.25, -0.2) is 26.7 Å². The van der Waals surface area contributed by atoms with E-state index in [0.29, 0.717) is 6.07 Å². The van der Waals surface area contributed by atoms with E-state index in [-0.39, 0.29) is 11.5 Å². The third-order valence-corrected chi connectivity index (χ3v) is 4.23. The molecule has 23 heavy (non-hydrogen) atoms. The number of carboxylic acid groups (broad SMARTS) is 1. The second kappa shape index (κ2) is 6.34. The quantitative estimate of drug-likeness (QED) is 0.824. The first-order valence-corrected chi connectivity index (χ1v) is 7.57. The second-order valence-corrected chi connectivity index (χ2v) is 6.02. The van der Waals surface area contributed by atoms with Crippen LogP contribution < -0.4 is 9.46 Å². The van der Waals surface area contributed by atoms with Gasteiger partial charge in [0.05, 0.1) is 13.7 Å². The molecule has 0 fully saturated rings. The van der Waals surface area contributed by atoms with Crippen molar-refractivity contribution < 1.29 is 36.3 Å². The number of rotatable bonds is 6.